The van der Waals surface area contributed by atoms with E-state index in [1.807, 2.05) is 30.3 Å². The molecule has 3 atom stereocenters. The molecule has 0 aromatic heterocycles. The maximum atomic E-state index is 12.7. The van der Waals surface area contributed by atoms with Crippen LogP contribution in [0.15, 0.2) is 54.6 Å². The van der Waals surface area contributed by atoms with Gasteiger partial charge in [0.2, 0.25) is 11.8 Å². The fourth-order valence-corrected chi connectivity index (χ4v) is 3.67. The van der Waals surface area contributed by atoms with Crippen molar-refractivity contribution in [3.05, 3.63) is 71.3 Å². The Balaban J connectivity index is 1.48. The van der Waals surface area contributed by atoms with E-state index >= 15 is 0 Å². The van der Waals surface area contributed by atoms with Crippen LogP contribution in [-0.4, -0.2) is 36.3 Å². The molecule has 0 aliphatic carbocycles. The van der Waals surface area contributed by atoms with E-state index < -0.39 is 6.04 Å². The molecule has 30 heavy (non-hydrogen) atoms. The zero-order valence-electron chi connectivity index (χ0n) is 17.2. The Morgan fingerprint density at radius 3 is 2.53 bits per heavy atom. The zero-order valence-corrected chi connectivity index (χ0v) is 17.2. The number of nitrogens with one attached hydrogen (secondary N) is 4. The molecule has 3 rings (SSSR count). The number of hydrogen-bond acceptors (Lipinski definition) is 4. The van der Waals surface area contributed by atoms with Gasteiger partial charge in [-0.15, -0.1) is 0 Å². The van der Waals surface area contributed by atoms with Crippen molar-refractivity contribution in [2.75, 3.05) is 6.54 Å². The molecule has 1 heterocycles. The first kappa shape index (κ1) is 21.5. The summed E-state index contributed by atoms with van der Waals surface area (Å²) in [6.07, 6.45) is 1.71. The number of carbonyl (C=O) groups excluding carboxylic acids is 2. The number of nitrogen functional groups attached to an aromatic ring is 1. The number of amides is 2. The highest BCUT2D eigenvalue weighted by molar-refractivity contribution is 5.95. The number of benzene rings is 2. The minimum absolute atomic E-state index is 0.00717. The standard InChI is InChI=1S/C23H29N5O2/c1-15(22(29)27-14-16-7-9-18(10-8-16)21(24)25)28-23(30)20-13-19(11-12-26-20)17-5-3-2-4-6-17/h2-10,15,19-20,26H,11-14H2,1H3,(H3,24,25)(H,27,29)(H,28,30)/t15-,19?,20+/m0/s1. The van der Waals surface area contributed by atoms with E-state index in [9.17, 15) is 9.59 Å². The van der Waals surface area contributed by atoms with Gasteiger partial charge in [0.1, 0.15) is 11.9 Å². The molecule has 1 saturated heterocycles. The van der Waals surface area contributed by atoms with Crippen LogP contribution in [0, 0.1) is 5.41 Å². The number of piperidine rings is 1. The second kappa shape index (κ2) is 10.0. The second-order valence-corrected chi connectivity index (χ2v) is 7.70. The fraction of sp³-hybridized carbons (Fsp3) is 0.348. The van der Waals surface area contributed by atoms with Crippen LogP contribution >= 0.6 is 0 Å². The molecular weight excluding hydrogens is 378 g/mol. The second-order valence-electron chi connectivity index (χ2n) is 7.70. The molecule has 1 aliphatic rings. The predicted molar refractivity (Wildman–Crippen MR) is 117 cm³/mol. The summed E-state index contributed by atoms with van der Waals surface area (Å²) in [5, 5.41) is 16.3. The van der Waals surface area contributed by atoms with E-state index in [2.05, 4.69) is 28.1 Å². The van der Waals surface area contributed by atoms with Crippen LogP contribution in [0.2, 0.25) is 0 Å². The van der Waals surface area contributed by atoms with Gasteiger partial charge in [-0.25, -0.2) is 0 Å². The Hall–Kier alpha value is -3.19. The lowest BCUT2D eigenvalue weighted by Crippen LogP contribution is -2.53. The highest BCUT2D eigenvalue weighted by atomic mass is 16.2. The third kappa shape index (κ3) is 5.67. The number of nitrogens with two attached hydrogens (primary N) is 1. The molecule has 2 aromatic rings. The largest absolute Gasteiger partial charge is 0.384 e. The lowest BCUT2D eigenvalue weighted by molar-refractivity contribution is -0.130. The maximum Gasteiger partial charge on any atom is 0.242 e. The van der Waals surface area contributed by atoms with E-state index in [-0.39, 0.29) is 23.7 Å². The molecule has 7 nitrogen and oxygen atoms in total. The maximum absolute atomic E-state index is 12.7. The summed E-state index contributed by atoms with van der Waals surface area (Å²) < 4.78 is 0. The van der Waals surface area contributed by atoms with Crippen LogP contribution in [0.5, 0.6) is 0 Å². The van der Waals surface area contributed by atoms with Crippen LogP contribution in [-0.2, 0) is 16.1 Å². The summed E-state index contributed by atoms with van der Waals surface area (Å²) in [5.74, 6) is -0.0449. The number of hydrogen-bond donors (Lipinski definition) is 5. The molecule has 2 amide bonds. The molecule has 1 unspecified atom stereocenters. The number of carbonyl (C=O) groups is 2. The van der Waals surface area contributed by atoms with Crippen molar-refractivity contribution in [3.8, 4) is 0 Å². The third-order valence-corrected chi connectivity index (χ3v) is 5.47. The van der Waals surface area contributed by atoms with Gasteiger partial charge in [-0.05, 0) is 43.4 Å². The van der Waals surface area contributed by atoms with Crippen LogP contribution in [0.1, 0.15) is 42.4 Å². The van der Waals surface area contributed by atoms with Crippen LogP contribution < -0.4 is 21.7 Å². The van der Waals surface area contributed by atoms with E-state index in [1.165, 1.54) is 5.56 Å². The molecule has 7 heteroatoms. The van der Waals surface area contributed by atoms with Crippen molar-refractivity contribution < 1.29 is 9.59 Å². The topological polar surface area (TPSA) is 120 Å². The molecule has 0 saturated carbocycles. The molecule has 6 N–H and O–H groups in total. The van der Waals surface area contributed by atoms with Gasteiger partial charge >= 0.3 is 0 Å². The SMILES string of the molecule is C[C@H](NC(=O)[C@H]1CC(c2ccccc2)CCN1)C(=O)NCc1ccc(C(=N)N)cc1. The average molecular weight is 408 g/mol. The Labute approximate surface area is 176 Å². The summed E-state index contributed by atoms with van der Waals surface area (Å²) in [5.41, 5.74) is 8.23. The lowest BCUT2D eigenvalue weighted by Gasteiger charge is -2.30. The smallest absolute Gasteiger partial charge is 0.242 e. The first-order chi connectivity index (χ1) is 14.4. The molecule has 0 bridgehead atoms. The summed E-state index contributed by atoms with van der Waals surface area (Å²) in [7, 11) is 0. The molecule has 158 valence electrons. The van der Waals surface area contributed by atoms with Crippen molar-refractivity contribution in [3.63, 3.8) is 0 Å². The Morgan fingerprint density at radius 2 is 1.87 bits per heavy atom. The van der Waals surface area contributed by atoms with Crippen molar-refractivity contribution in [1.29, 1.82) is 5.41 Å². The Morgan fingerprint density at radius 1 is 1.17 bits per heavy atom. The molecule has 1 fully saturated rings. The highest BCUT2D eigenvalue weighted by Gasteiger charge is 2.29. The van der Waals surface area contributed by atoms with Gasteiger partial charge in [-0.2, -0.15) is 0 Å². The number of rotatable bonds is 7. The van der Waals surface area contributed by atoms with Crippen molar-refractivity contribution in [2.45, 2.75) is 44.3 Å². The highest BCUT2D eigenvalue weighted by Crippen LogP contribution is 2.27. The molecular formula is C23H29N5O2. The first-order valence-corrected chi connectivity index (χ1v) is 10.2. The van der Waals surface area contributed by atoms with E-state index in [0.717, 1.165) is 18.5 Å². The van der Waals surface area contributed by atoms with Gasteiger partial charge in [0.05, 0.1) is 6.04 Å². The Bertz CT molecular complexity index is 882. The summed E-state index contributed by atoms with van der Waals surface area (Å²) in [6, 6.07) is 16.4. The van der Waals surface area contributed by atoms with Crippen molar-refractivity contribution in [2.24, 2.45) is 5.73 Å². The van der Waals surface area contributed by atoms with E-state index in [0.29, 0.717) is 24.4 Å². The van der Waals surface area contributed by atoms with Gasteiger partial charge in [-0.1, -0.05) is 54.6 Å². The summed E-state index contributed by atoms with van der Waals surface area (Å²) in [6.45, 7) is 2.80. The lowest BCUT2D eigenvalue weighted by atomic mass is 9.86. The minimum Gasteiger partial charge on any atom is -0.384 e. The van der Waals surface area contributed by atoms with E-state index in [1.54, 1.807) is 19.1 Å². The minimum atomic E-state index is -0.632. The van der Waals surface area contributed by atoms with Gasteiger partial charge < -0.3 is 21.7 Å². The van der Waals surface area contributed by atoms with Crippen LogP contribution in [0.25, 0.3) is 0 Å². The first-order valence-electron chi connectivity index (χ1n) is 10.2. The molecule has 1 aliphatic heterocycles. The van der Waals surface area contributed by atoms with Crippen molar-refractivity contribution in [1.82, 2.24) is 16.0 Å². The quantitative estimate of drug-likeness (QED) is 0.354. The van der Waals surface area contributed by atoms with Gasteiger partial charge in [-0.3, -0.25) is 15.0 Å². The van der Waals surface area contributed by atoms with Crippen LogP contribution in [0.4, 0.5) is 0 Å². The predicted octanol–water partition coefficient (Wildman–Crippen LogP) is 1.63. The third-order valence-electron chi connectivity index (χ3n) is 5.47. The van der Waals surface area contributed by atoms with Crippen LogP contribution in [0.3, 0.4) is 0 Å². The molecule has 0 radical (unpaired) electrons. The zero-order chi connectivity index (χ0) is 21.5. The fourth-order valence-electron chi connectivity index (χ4n) is 3.67. The average Bonchev–Trinajstić information content (AvgIpc) is 2.78. The number of amidine groups is 1. The summed E-state index contributed by atoms with van der Waals surface area (Å²) in [4.78, 5) is 25.1. The normalized spacial score (nSPS) is 19.5. The van der Waals surface area contributed by atoms with Crippen molar-refractivity contribution >= 4 is 17.6 Å². The van der Waals surface area contributed by atoms with E-state index in [4.69, 9.17) is 11.1 Å². The van der Waals surface area contributed by atoms with Gasteiger partial charge in [0.25, 0.3) is 0 Å². The summed E-state index contributed by atoms with van der Waals surface area (Å²) >= 11 is 0. The monoisotopic (exact) mass is 407 g/mol. The molecule has 2 aromatic carbocycles. The van der Waals surface area contributed by atoms with Gasteiger partial charge in [0, 0.05) is 12.1 Å². The van der Waals surface area contributed by atoms with Gasteiger partial charge in [0.15, 0.2) is 0 Å². The Kier molecular flexibility index (Phi) is 7.19. The molecule has 0 spiro atoms.